The predicted molar refractivity (Wildman–Crippen MR) is 138 cm³/mol. The number of benzene rings is 2. The van der Waals surface area contributed by atoms with Gasteiger partial charge in [0.25, 0.3) is 5.91 Å². The molecule has 1 aromatic heterocycles. The fourth-order valence-corrected chi connectivity index (χ4v) is 6.08. The van der Waals surface area contributed by atoms with Crippen LogP contribution < -0.4 is 0 Å². The molecule has 0 spiro atoms. The lowest BCUT2D eigenvalue weighted by molar-refractivity contribution is -0.146. The zero-order valence-electron chi connectivity index (χ0n) is 20.9. The van der Waals surface area contributed by atoms with E-state index in [1.807, 2.05) is 4.90 Å². The Morgan fingerprint density at radius 2 is 1.84 bits per heavy atom. The quantitative estimate of drug-likeness (QED) is 0.499. The van der Waals surface area contributed by atoms with Crippen LogP contribution in [0.5, 0.6) is 5.75 Å². The van der Waals surface area contributed by atoms with Gasteiger partial charge >= 0.3 is 5.97 Å². The minimum absolute atomic E-state index is 0.00957. The van der Waals surface area contributed by atoms with E-state index in [4.69, 9.17) is 4.74 Å². The lowest BCUT2D eigenvalue weighted by Crippen LogP contribution is -2.49. The van der Waals surface area contributed by atoms with Gasteiger partial charge in [0, 0.05) is 37.4 Å². The lowest BCUT2D eigenvalue weighted by Gasteiger charge is -2.34. The summed E-state index contributed by atoms with van der Waals surface area (Å²) < 4.78 is 18.1. The van der Waals surface area contributed by atoms with Crippen LogP contribution in [0.2, 0.25) is 0 Å². The monoisotopic (exact) mass is 537 g/mol. The van der Waals surface area contributed by atoms with E-state index < -0.39 is 12.0 Å². The molecule has 1 unspecified atom stereocenters. The molecule has 3 aromatic rings. The Morgan fingerprint density at radius 3 is 2.55 bits per heavy atom. The van der Waals surface area contributed by atoms with E-state index in [0.717, 1.165) is 34.5 Å². The Hall–Kier alpha value is -3.79. The number of methoxy groups -OCH3 is 1. The summed E-state index contributed by atoms with van der Waals surface area (Å²) in [6.07, 6.45) is 2.00. The highest BCUT2D eigenvalue weighted by Crippen LogP contribution is 2.32. The molecule has 2 aliphatic heterocycles. The number of phenolic OH excluding ortho intramolecular Hbond substituents is 1. The lowest BCUT2D eigenvalue weighted by atomic mass is 9.93. The van der Waals surface area contributed by atoms with Crippen molar-refractivity contribution in [1.29, 1.82) is 0 Å². The van der Waals surface area contributed by atoms with Crippen molar-refractivity contribution in [3.05, 3.63) is 81.1 Å². The summed E-state index contributed by atoms with van der Waals surface area (Å²) >= 11 is 1.41. The zero-order chi connectivity index (χ0) is 26.8. The summed E-state index contributed by atoms with van der Waals surface area (Å²) in [5.41, 5.74) is 2.73. The standard InChI is InChI=1S/C28H28FN3O5S/c1-37-28(36)24-14-19-4-7-22(33)13-20(19)15-32(24)27(35)23-16-38-26(30-23)18-8-10-31(11-9-18)25(34)12-17-2-5-21(29)6-3-17/h2-7,13,16,18,24,33H,8-12,14-15H2,1H3. The van der Waals surface area contributed by atoms with Crippen LogP contribution in [0.1, 0.15) is 50.9 Å². The van der Waals surface area contributed by atoms with E-state index in [9.17, 15) is 23.9 Å². The molecule has 0 bridgehead atoms. The van der Waals surface area contributed by atoms with Crippen LogP contribution in [0, 0.1) is 5.82 Å². The topological polar surface area (TPSA) is 100 Å². The fraction of sp³-hybridized carbons (Fsp3) is 0.357. The number of carbonyl (C=O) groups excluding carboxylic acids is 3. The number of likely N-dealkylation sites (tertiary alicyclic amines) is 1. The van der Waals surface area contributed by atoms with E-state index in [1.165, 1.54) is 35.5 Å². The zero-order valence-corrected chi connectivity index (χ0v) is 21.7. The van der Waals surface area contributed by atoms with Crippen LogP contribution in [0.15, 0.2) is 47.8 Å². The SMILES string of the molecule is COC(=O)C1Cc2ccc(O)cc2CN1C(=O)c1csc(C2CCN(C(=O)Cc3ccc(F)cc3)CC2)n1. The van der Waals surface area contributed by atoms with Gasteiger partial charge in [0.05, 0.1) is 18.5 Å². The van der Waals surface area contributed by atoms with E-state index in [1.54, 1.807) is 35.7 Å². The molecule has 8 nitrogen and oxygen atoms in total. The van der Waals surface area contributed by atoms with Crippen molar-refractivity contribution < 1.29 is 28.6 Å². The third-order valence-corrected chi connectivity index (χ3v) is 8.27. The third kappa shape index (κ3) is 5.40. The highest BCUT2D eigenvalue weighted by Gasteiger charge is 2.37. The number of esters is 1. The summed E-state index contributed by atoms with van der Waals surface area (Å²) in [5.74, 6) is -0.934. The van der Waals surface area contributed by atoms with Gasteiger partial charge in [0.1, 0.15) is 23.3 Å². The fourth-order valence-electron chi connectivity index (χ4n) is 5.12. The van der Waals surface area contributed by atoms with Gasteiger partial charge in [-0.1, -0.05) is 18.2 Å². The van der Waals surface area contributed by atoms with Crippen molar-refractivity contribution in [2.24, 2.45) is 0 Å². The molecule has 0 aliphatic carbocycles. The Kier molecular flexibility index (Phi) is 7.42. The Balaban J connectivity index is 1.24. The molecule has 1 saturated heterocycles. The molecule has 5 rings (SSSR count). The first-order valence-corrected chi connectivity index (χ1v) is 13.4. The number of piperidine rings is 1. The van der Waals surface area contributed by atoms with Gasteiger partial charge in [0.2, 0.25) is 5.91 Å². The number of fused-ring (bicyclic) bond motifs is 1. The Labute approximate surface area is 223 Å². The maximum absolute atomic E-state index is 13.5. The van der Waals surface area contributed by atoms with Gasteiger partial charge < -0.3 is 19.6 Å². The molecule has 1 fully saturated rings. The van der Waals surface area contributed by atoms with Crippen molar-refractivity contribution in [1.82, 2.24) is 14.8 Å². The molecule has 0 saturated carbocycles. The first-order valence-electron chi connectivity index (χ1n) is 12.5. The number of hydrogen-bond donors (Lipinski definition) is 1. The summed E-state index contributed by atoms with van der Waals surface area (Å²) in [5, 5.41) is 12.4. The molecule has 2 aromatic carbocycles. The van der Waals surface area contributed by atoms with Crippen molar-refractivity contribution in [3.63, 3.8) is 0 Å². The predicted octanol–water partition coefficient (Wildman–Crippen LogP) is 3.68. The highest BCUT2D eigenvalue weighted by molar-refractivity contribution is 7.09. The maximum Gasteiger partial charge on any atom is 0.328 e. The van der Waals surface area contributed by atoms with Crippen molar-refractivity contribution >= 4 is 29.1 Å². The summed E-state index contributed by atoms with van der Waals surface area (Å²) in [4.78, 5) is 46.6. The number of nitrogens with zero attached hydrogens (tertiary/aromatic N) is 3. The number of thiazole rings is 1. The van der Waals surface area contributed by atoms with Gasteiger partial charge in [-0.2, -0.15) is 0 Å². The number of aromatic hydroxyl groups is 1. The molecule has 0 radical (unpaired) electrons. The Bertz CT molecular complexity index is 1350. The van der Waals surface area contributed by atoms with Gasteiger partial charge in [-0.05, 0) is 53.8 Å². The molecule has 38 heavy (non-hydrogen) atoms. The smallest absolute Gasteiger partial charge is 0.328 e. The average Bonchev–Trinajstić information content (AvgIpc) is 3.43. The highest BCUT2D eigenvalue weighted by atomic mass is 32.1. The van der Waals surface area contributed by atoms with Gasteiger partial charge in [-0.3, -0.25) is 9.59 Å². The second-order valence-electron chi connectivity index (χ2n) is 9.66. The number of ether oxygens (including phenoxy) is 1. The molecule has 2 aliphatic rings. The van der Waals surface area contributed by atoms with Crippen LogP contribution in [-0.2, 0) is 33.7 Å². The number of halogens is 1. The molecule has 2 amide bonds. The number of rotatable bonds is 5. The van der Waals surface area contributed by atoms with Crippen LogP contribution in [0.4, 0.5) is 4.39 Å². The minimum atomic E-state index is -0.773. The van der Waals surface area contributed by atoms with Gasteiger partial charge in [0.15, 0.2) is 0 Å². The van der Waals surface area contributed by atoms with E-state index in [2.05, 4.69) is 4.98 Å². The van der Waals surface area contributed by atoms with E-state index in [-0.39, 0.29) is 48.0 Å². The molecule has 10 heteroatoms. The molecule has 198 valence electrons. The number of phenols is 1. The average molecular weight is 538 g/mol. The van der Waals surface area contributed by atoms with Gasteiger partial charge in [-0.15, -0.1) is 11.3 Å². The number of carbonyl (C=O) groups is 3. The molecule has 1 N–H and O–H groups in total. The van der Waals surface area contributed by atoms with Gasteiger partial charge in [-0.25, -0.2) is 14.2 Å². The normalized spacial score (nSPS) is 17.7. The molecular weight excluding hydrogens is 509 g/mol. The largest absolute Gasteiger partial charge is 0.508 e. The summed E-state index contributed by atoms with van der Waals surface area (Å²) in [7, 11) is 1.30. The van der Waals surface area contributed by atoms with Crippen molar-refractivity contribution in [2.45, 2.75) is 44.2 Å². The number of hydrogen-bond acceptors (Lipinski definition) is 7. The number of amides is 2. The van der Waals surface area contributed by atoms with Crippen LogP contribution >= 0.6 is 11.3 Å². The number of aromatic nitrogens is 1. The molecule has 1 atom stereocenters. The third-order valence-electron chi connectivity index (χ3n) is 7.26. The summed E-state index contributed by atoms with van der Waals surface area (Å²) in [6, 6.07) is 10.1. The second-order valence-corrected chi connectivity index (χ2v) is 10.5. The maximum atomic E-state index is 13.5. The first kappa shape index (κ1) is 25.8. The van der Waals surface area contributed by atoms with E-state index in [0.29, 0.717) is 19.5 Å². The first-order chi connectivity index (χ1) is 18.3. The second kappa shape index (κ2) is 10.9. The van der Waals surface area contributed by atoms with Crippen LogP contribution in [-0.4, -0.2) is 63.9 Å². The minimum Gasteiger partial charge on any atom is -0.508 e. The van der Waals surface area contributed by atoms with Crippen LogP contribution in [0.25, 0.3) is 0 Å². The Morgan fingerprint density at radius 1 is 1.11 bits per heavy atom. The molecular formula is C28H28FN3O5S. The van der Waals surface area contributed by atoms with Crippen LogP contribution in [0.3, 0.4) is 0 Å². The van der Waals surface area contributed by atoms with Crippen molar-refractivity contribution in [3.8, 4) is 5.75 Å². The molecule has 3 heterocycles. The summed E-state index contributed by atoms with van der Waals surface area (Å²) in [6.45, 7) is 1.35. The van der Waals surface area contributed by atoms with Crippen molar-refractivity contribution in [2.75, 3.05) is 20.2 Å². The van der Waals surface area contributed by atoms with E-state index >= 15 is 0 Å².